The molecule has 2 fully saturated rings. The Morgan fingerprint density at radius 2 is 1.91 bits per heavy atom. The van der Waals surface area contributed by atoms with Gasteiger partial charge in [-0.05, 0) is 31.4 Å². The average Bonchev–Trinajstić information content (AvgIpc) is 3.19. The van der Waals surface area contributed by atoms with E-state index in [2.05, 4.69) is 15.5 Å². The van der Waals surface area contributed by atoms with Crippen LogP contribution in [0.3, 0.4) is 0 Å². The van der Waals surface area contributed by atoms with Gasteiger partial charge in [0.1, 0.15) is 0 Å². The number of alkyl halides is 3. The van der Waals surface area contributed by atoms with Crippen molar-refractivity contribution in [2.45, 2.75) is 37.5 Å². The third-order valence-corrected chi connectivity index (χ3v) is 4.10. The maximum Gasteiger partial charge on any atom is 0.418 e. The second-order valence-electron chi connectivity index (χ2n) is 5.85. The van der Waals surface area contributed by atoms with Crippen molar-refractivity contribution in [3.05, 3.63) is 29.8 Å². The van der Waals surface area contributed by atoms with E-state index in [4.69, 9.17) is 0 Å². The standard InChI is InChI=1S/C15H18F3N3O/c16-15(17,18)12-3-1-2-4-13(12)20-14(22)19-10-7-8-21(9-10)11-5-6-11/h1-4,10-11H,5-9H2,(H2,19,20,22). The zero-order valence-electron chi connectivity index (χ0n) is 12.0. The number of rotatable bonds is 3. The van der Waals surface area contributed by atoms with Crippen molar-refractivity contribution in [1.82, 2.24) is 10.2 Å². The highest BCUT2D eigenvalue weighted by atomic mass is 19.4. The van der Waals surface area contributed by atoms with Crippen molar-refractivity contribution in [2.24, 2.45) is 0 Å². The summed E-state index contributed by atoms with van der Waals surface area (Å²) in [5.41, 5.74) is -1.05. The van der Waals surface area contributed by atoms with E-state index in [0.717, 1.165) is 25.6 Å². The van der Waals surface area contributed by atoms with Crippen LogP contribution in [-0.2, 0) is 6.18 Å². The van der Waals surface area contributed by atoms with Gasteiger partial charge in [-0.25, -0.2) is 4.79 Å². The van der Waals surface area contributed by atoms with Gasteiger partial charge in [0.05, 0.1) is 11.3 Å². The van der Waals surface area contributed by atoms with Crippen molar-refractivity contribution in [3.8, 4) is 0 Å². The number of likely N-dealkylation sites (tertiary alicyclic amines) is 1. The van der Waals surface area contributed by atoms with Gasteiger partial charge in [0.2, 0.25) is 0 Å². The highest BCUT2D eigenvalue weighted by molar-refractivity contribution is 5.90. The first-order chi connectivity index (χ1) is 10.4. The van der Waals surface area contributed by atoms with Crippen LogP contribution in [0.2, 0.25) is 0 Å². The molecular formula is C15H18F3N3O. The number of carbonyl (C=O) groups is 1. The minimum atomic E-state index is -4.49. The molecule has 1 aromatic rings. The fourth-order valence-corrected chi connectivity index (χ4v) is 2.86. The van der Waals surface area contributed by atoms with Gasteiger partial charge < -0.3 is 10.6 Å². The van der Waals surface area contributed by atoms with Crippen LogP contribution in [0, 0.1) is 0 Å². The first-order valence-electron chi connectivity index (χ1n) is 7.41. The van der Waals surface area contributed by atoms with Crippen molar-refractivity contribution in [2.75, 3.05) is 18.4 Å². The molecule has 0 radical (unpaired) electrons. The Bertz CT molecular complexity index is 557. The molecule has 0 aromatic heterocycles. The van der Waals surface area contributed by atoms with E-state index in [0.29, 0.717) is 6.04 Å². The Kier molecular flexibility index (Phi) is 3.99. The zero-order valence-corrected chi connectivity index (χ0v) is 12.0. The van der Waals surface area contributed by atoms with Gasteiger partial charge in [0, 0.05) is 25.2 Å². The van der Waals surface area contributed by atoms with Gasteiger partial charge >= 0.3 is 12.2 Å². The van der Waals surface area contributed by atoms with Gasteiger partial charge in [-0.3, -0.25) is 4.90 Å². The SMILES string of the molecule is O=C(Nc1ccccc1C(F)(F)F)NC1CCN(C2CC2)C1. The minimum absolute atomic E-state index is 0.00125. The summed E-state index contributed by atoms with van der Waals surface area (Å²) >= 11 is 0. The van der Waals surface area contributed by atoms with Crippen LogP contribution < -0.4 is 10.6 Å². The molecule has 2 N–H and O–H groups in total. The van der Waals surface area contributed by atoms with Crippen LogP contribution in [0.1, 0.15) is 24.8 Å². The summed E-state index contributed by atoms with van der Waals surface area (Å²) < 4.78 is 38.6. The molecule has 1 atom stereocenters. The summed E-state index contributed by atoms with van der Waals surface area (Å²) in [5.74, 6) is 0. The number of amides is 2. The smallest absolute Gasteiger partial charge is 0.334 e. The van der Waals surface area contributed by atoms with E-state index in [1.807, 2.05) is 0 Å². The number of nitrogens with zero attached hydrogens (tertiary/aromatic N) is 1. The molecule has 1 aliphatic carbocycles. The van der Waals surface area contributed by atoms with E-state index in [9.17, 15) is 18.0 Å². The number of hydrogen-bond donors (Lipinski definition) is 2. The van der Waals surface area contributed by atoms with Crippen LogP contribution in [-0.4, -0.2) is 36.1 Å². The topological polar surface area (TPSA) is 44.4 Å². The van der Waals surface area contributed by atoms with Gasteiger partial charge in [-0.1, -0.05) is 12.1 Å². The second kappa shape index (κ2) is 5.79. The number of para-hydroxylation sites is 1. The van der Waals surface area contributed by atoms with Gasteiger partial charge in [0.25, 0.3) is 0 Å². The predicted octanol–water partition coefficient (Wildman–Crippen LogP) is 3.06. The number of benzene rings is 1. The molecule has 1 saturated carbocycles. The highest BCUT2D eigenvalue weighted by Gasteiger charge is 2.36. The third kappa shape index (κ3) is 3.52. The third-order valence-electron chi connectivity index (χ3n) is 4.10. The molecule has 1 saturated heterocycles. The van der Waals surface area contributed by atoms with E-state index >= 15 is 0 Å². The largest absolute Gasteiger partial charge is 0.418 e. The van der Waals surface area contributed by atoms with Crippen LogP contribution in [0.4, 0.5) is 23.7 Å². The Labute approximate surface area is 126 Å². The number of anilines is 1. The van der Waals surface area contributed by atoms with E-state index < -0.39 is 17.8 Å². The summed E-state index contributed by atoms with van der Waals surface area (Å²) in [6.07, 6.45) is -1.24. The molecular weight excluding hydrogens is 295 g/mol. The molecule has 1 heterocycles. The second-order valence-corrected chi connectivity index (χ2v) is 5.85. The summed E-state index contributed by atoms with van der Waals surface area (Å²) in [5, 5.41) is 5.07. The lowest BCUT2D eigenvalue weighted by atomic mass is 10.1. The van der Waals surface area contributed by atoms with Crippen molar-refractivity contribution in [1.29, 1.82) is 0 Å². The first kappa shape index (κ1) is 15.1. The van der Waals surface area contributed by atoms with E-state index in [-0.39, 0.29) is 11.7 Å². The fraction of sp³-hybridized carbons (Fsp3) is 0.533. The number of urea groups is 1. The molecule has 0 spiro atoms. The molecule has 120 valence electrons. The maximum absolute atomic E-state index is 12.9. The van der Waals surface area contributed by atoms with E-state index in [1.54, 1.807) is 0 Å². The quantitative estimate of drug-likeness (QED) is 0.901. The lowest BCUT2D eigenvalue weighted by molar-refractivity contribution is -0.136. The normalized spacial score (nSPS) is 22.6. The lowest BCUT2D eigenvalue weighted by Crippen LogP contribution is -2.40. The molecule has 3 rings (SSSR count). The molecule has 1 unspecified atom stereocenters. The number of carbonyl (C=O) groups excluding carboxylic acids is 1. The molecule has 1 aromatic carbocycles. The van der Waals surface area contributed by atoms with Crippen LogP contribution in [0.25, 0.3) is 0 Å². The Morgan fingerprint density at radius 3 is 2.59 bits per heavy atom. The molecule has 7 heteroatoms. The van der Waals surface area contributed by atoms with Gasteiger partial charge in [0.15, 0.2) is 0 Å². The number of halogens is 3. The molecule has 2 aliphatic rings. The Hall–Kier alpha value is -1.76. The minimum Gasteiger partial charge on any atom is -0.334 e. The summed E-state index contributed by atoms with van der Waals surface area (Å²) in [6, 6.07) is 5.04. The first-order valence-corrected chi connectivity index (χ1v) is 7.41. The fourth-order valence-electron chi connectivity index (χ4n) is 2.86. The molecule has 4 nitrogen and oxygen atoms in total. The zero-order chi connectivity index (χ0) is 15.7. The number of hydrogen-bond acceptors (Lipinski definition) is 2. The maximum atomic E-state index is 12.9. The van der Waals surface area contributed by atoms with Crippen molar-refractivity contribution >= 4 is 11.7 Å². The van der Waals surface area contributed by atoms with Gasteiger partial charge in [-0.15, -0.1) is 0 Å². The van der Waals surface area contributed by atoms with Crippen molar-refractivity contribution in [3.63, 3.8) is 0 Å². The van der Waals surface area contributed by atoms with Crippen LogP contribution in [0.15, 0.2) is 24.3 Å². The van der Waals surface area contributed by atoms with E-state index in [1.165, 1.54) is 31.0 Å². The lowest BCUT2D eigenvalue weighted by Gasteiger charge is -2.17. The Balaban J connectivity index is 1.58. The van der Waals surface area contributed by atoms with Crippen LogP contribution in [0.5, 0.6) is 0 Å². The monoisotopic (exact) mass is 313 g/mol. The molecule has 2 amide bonds. The number of nitrogens with one attached hydrogen (secondary N) is 2. The van der Waals surface area contributed by atoms with Crippen LogP contribution >= 0.6 is 0 Å². The van der Waals surface area contributed by atoms with Crippen molar-refractivity contribution < 1.29 is 18.0 Å². The molecule has 1 aliphatic heterocycles. The molecule has 0 bridgehead atoms. The molecule has 22 heavy (non-hydrogen) atoms. The summed E-state index contributed by atoms with van der Waals surface area (Å²) in [7, 11) is 0. The summed E-state index contributed by atoms with van der Waals surface area (Å²) in [6.45, 7) is 1.72. The summed E-state index contributed by atoms with van der Waals surface area (Å²) in [4.78, 5) is 14.3. The van der Waals surface area contributed by atoms with Gasteiger partial charge in [-0.2, -0.15) is 13.2 Å². The Morgan fingerprint density at radius 1 is 1.18 bits per heavy atom. The highest BCUT2D eigenvalue weighted by Crippen LogP contribution is 2.34. The average molecular weight is 313 g/mol. The predicted molar refractivity (Wildman–Crippen MR) is 76.6 cm³/mol.